The molecule has 1 aromatic heterocycles. The minimum atomic E-state index is 0.0772. The topological polar surface area (TPSA) is 53.4 Å². The van der Waals surface area contributed by atoms with Crippen molar-refractivity contribution < 1.29 is 14.9 Å². The molecule has 1 rings (SSSR count). The summed E-state index contributed by atoms with van der Waals surface area (Å²) >= 11 is 0. The van der Waals surface area contributed by atoms with Crippen molar-refractivity contribution >= 4 is 0 Å². The average molecular weight is 145 g/mol. The number of aliphatic hydroxyl groups excluding tert-OH is 1. The van der Waals surface area contributed by atoms with Crippen LogP contribution in [0.3, 0.4) is 0 Å². The van der Waals surface area contributed by atoms with Crippen LogP contribution in [0.25, 0.3) is 0 Å². The molecule has 0 aliphatic heterocycles. The molecule has 0 amide bonds. The maximum absolute atomic E-state index is 8.50. The molecular formula is C6H8FNO2. The Morgan fingerprint density at radius 3 is 2.50 bits per heavy atom. The first-order valence-corrected chi connectivity index (χ1v) is 2.60. The Morgan fingerprint density at radius 1 is 1.50 bits per heavy atom. The first kappa shape index (κ1) is 9.00. The Hall–Kier alpha value is -1.00. The third kappa shape index (κ3) is 3.11. The van der Waals surface area contributed by atoms with Crippen molar-refractivity contribution in [1.29, 1.82) is 0 Å². The number of aliphatic hydroxyl groups is 1. The largest absolute Gasteiger partial charge is 0.392 e. The van der Waals surface area contributed by atoms with Crippen molar-refractivity contribution in [3.63, 3.8) is 0 Å². The third-order valence-electron chi connectivity index (χ3n) is 0.905. The van der Waals surface area contributed by atoms with Gasteiger partial charge < -0.3 is 5.11 Å². The van der Waals surface area contributed by atoms with Crippen LogP contribution >= 0.6 is 0 Å². The zero-order valence-corrected chi connectivity index (χ0v) is 5.24. The van der Waals surface area contributed by atoms with Crippen molar-refractivity contribution in [2.24, 2.45) is 0 Å². The van der Waals surface area contributed by atoms with Gasteiger partial charge in [0.1, 0.15) is 0 Å². The molecule has 0 saturated carbocycles. The summed E-state index contributed by atoms with van der Waals surface area (Å²) in [7, 11) is 0. The number of aromatic nitrogens is 1. The number of pyridine rings is 1. The zero-order valence-electron chi connectivity index (χ0n) is 5.24. The second-order valence-corrected chi connectivity index (χ2v) is 1.52. The highest BCUT2D eigenvalue weighted by atomic mass is 19.3. The van der Waals surface area contributed by atoms with Gasteiger partial charge >= 0.3 is 0 Å². The van der Waals surface area contributed by atoms with E-state index < -0.39 is 0 Å². The Balaban J connectivity index is 0.000000371. The highest BCUT2D eigenvalue weighted by Gasteiger charge is 1.82. The van der Waals surface area contributed by atoms with Gasteiger partial charge in [0.2, 0.25) is 0 Å². The van der Waals surface area contributed by atoms with Crippen LogP contribution in [-0.2, 0) is 6.61 Å². The van der Waals surface area contributed by atoms with Crippen LogP contribution in [0, 0.1) is 0 Å². The quantitative estimate of drug-likeness (QED) is 0.602. The average Bonchev–Trinajstić information content (AvgIpc) is 2.10. The molecular weight excluding hydrogens is 137 g/mol. The zero-order chi connectivity index (χ0) is 7.82. The van der Waals surface area contributed by atoms with Crippen LogP contribution in [0.5, 0.6) is 0 Å². The Bertz CT molecular complexity index is 157. The lowest BCUT2D eigenvalue weighted by Crippen LogP contribution is -1.80. The smallest absolute Gasteiger partial charge is 0.0696 e. The molecule has 0 atom stereocenters. The third-order valence-corrected chi connectivity index (χ3v) is 0.905. The van der Waals surface area contributed by atoms with E-state index in [0.29, 0.717) is 0 Å². The summed E-state index contributed by atoms with van der Waals surface area (Å²) in [6.45, 7) is 0.0772. The molecule has 56 valence electrons. The van der Waals surface area contributed by atoms with E-state index in [0.717, 1.165) is 5.56 Å². The van der Waals surface area contributed by atoms with E-state index in [2.05, 4.69) is 4.98 Å². The number of hydrogen-bond donors (Lipinski definition) is 2. The molecule has 0 aromatic carbocycles. The molecule has 0 fully saturated rings. The molecule has 1 aromatic rings. The van der Waals surface area contributed by atoms with Crippen LogP contribution in [0.4, 0.5) is 4.53 Å². The standard InChI is InChI=1S/C6H7NO.FHO/c8-5-6-2-1-3-7-4-6;1-2/h1-4,8H,5H2;2H. The van der Waals surface area contributed by atoms with Crippen LogP contribution in [-0.4, -0.2) is 15.4 Å². The van der Waals surface area contributed by atoms with E-state index in [1.807, 2.05) is 6.07 Å². The molecule has 0 radical (unpaired) electrons. The van der Waals surface area contributed by atoms with Gasteiger partial charge in [-0.1, -0.05) is 10.6 Å². The molecule has 3 nitrogen and oxygen atoms in total. The van der Waals surface area contributed by atoms with Gasteiger partial charge in [-0.2, -0.15) is 0 Å². The minimum Gasteiger partial charge on any atom is -0.392 e. The first-order chi connectivity index (χ1) is 4.93. The van der Waals surface area contributed by atoms with Crippen molar-refractivity contribution in [1.82, 2.24) is 4.98 Å². The monoisotopic (exact) mass is 145 g/mol. The predicted octanol–water partition coefficient (Wildman–Crippen LogP) is 0.437. The lowest BCUT2D eigenvalue weighted by molar-refractivity contribution is -0.0441. The van der Waals surface area contributed by atoms with Gasteiger partial charge in [-0.25, -0.2) is 5.31 Å². The van der Waals surface area contributed by atoms with Crippen LogP contribution < -0.4 is 0 Å². The summed E-state index contributed by atoms with van der Waals surface area (Å²) < 4.78 is 8.50. The van der Waals surface area contributed by atoms with Gasteiger partial charge in [-0.15, -0.1) is 0 Å². The lowest BCUT2D eigenvalue weighted by atomic mass is 10.3. The molecule has 0 aliphatic rings. The SMILES string of the molecule is OCc1cccnc1.OF. The van der Waals surface area contributed by atoms with E-state index in [1.165, 1.54) is 0 Å². The van der Waals surface area contributed by atoms with Gasteiger partial charge in [0.25, 0.3) is 0 Å². The van der Waals surface area contributed by atoms with Crippen molar-refractivity contribution in [2.45, 2.75) is 6.61 Å². The molecule has 1 heterocycles. The van der Waals surface area contributed by atoms with Crippen molar-refractivity contribution in [2.75, 3.05) is 0 Å². The van der Waals surface area contributed by atoms with E-state index in [4.69, 9.17) is 14.9 Å². The van der Waals surface area contributed by atoms with Gasteiger partial charge in [0.05, 0.1) is 6.61 Å². The summed E-state index contributed by atoms with van der Waals surface area (Å²) in [6, 6.07) is 3.62. The normalized spacial score (nSPS) is 7.90. The summed E-state index contributed by atoms with van der Waals surface area (Å²) in [4.78, 5) is 3.80. The summed E-state index contributed by atoms with van der Waals surface area (Å²) in [6.07, 6.45) is 3.32. The maximum Gasteiger partial charge on any atom is 0.0696 e. The summed E-state index contributed by atoms with van der Waals surface area (Å²) in [5.41, 5.74) is 0.854. The summed E-state index contributed by atoms with van der Waals surface area (Å²) in [5, 5.41) is 14.0. The second-order valence-electron chi connectivity index (χ2n) is 1.52. The number of nitrogens with zero attached hydrogens (tertiary/aromatic N) is 1. The fourth-order valence-corrected chi connectivity index (χ4v) is 0.492. The number of hydrogen-bond acceptors (Lipinski definition) is 3. The highest BCUT2D eigenvalue weighted by molar-refractivity contribution is 5.06. The predicted molar refractivity (Wildman–Crippen MR) is 33.5 cm³/mol. The van der Waals surface area contributed by atoms with Gasteiger partial charge in [0, 0.05) is 12.4 Å². The molecule has 0 bridgehead atoms. The van der Waals surface area contributed by atoms with E-state index >= 15 is 0 Å². The molecule has 0 aliphatic carbocycles. The fraction of sp³-hybridized carbons (Fsp3) is 0.167. The lowest BCUT2D eigenvalue weighted by Gasteiger charge is -1.88. The number of rotatable bonds is 1. The van der Waals surface area contributed by atoms with Crippen molar-refractivity contribution in [3.8, 4) is 0 Å². The van der Waals surface area contributed by atoms with Gasteiger partial charge in [0.15, 0.2) is 0 Å². The Labute approximate surface area is 57.7 Å². The van der Waals surface area contributed by atoms with Crippen LogP contribution in [0.1, 0.15) is 5.56 Å². The molecule has 4 heteroatoms. The van der Waals surface area contributed by atoms with E-state index in [-0.39, 0.29) is 6.61 Å². The summed E-state index contributed by atoms with van der Waals surface area (Å²) in [5.74, 6) is 0. The van der Waals surface area contributed by atoms with Gasteiger partial charge in [-0.05, 0) is 11.6 Å². The highest BCUT2D eigenvalue weighted by Crippen LogP contribution is 1.92. The fourth-order valence-electron chi connectivity index (χ4n) is 0.492. The molecule has 2 N–H and O–H groups in total. The molecule has 10 heavy (non-hydrogen) atoms. The Kier molecular flexibility index (Phi) is 5.51. The molecule has 0 unspecified atom stereocenters. The maximum atomic E-state index is 8.50. The Morgan fingerprint density at radius 2 is 2.20 bits per heavy atom. The molecule has 0 spiro atoms. The number of halogens is 1. The van der Waals surface area contributed by atoms with Crippen LogP contribution in [0.2, 0.25) is 0 Å². The second kappa shape index (κ2) is 6.12. The van der Waals surface area contributed by atoms with Crippen molar-refractivity contribution in [3.05, 3.63) is 30.1 Å². The minimum absolute atomic E-state index is 0.0772. The first-order valence-electron chi connectivity index (χ1n) is 2.60. The molecule has 0 saturated heterocycles. The van der Waals surface area contributed by atoms with Gasteiger partial charge in [-0.3, -0.25) is 4.98 Å². The van der Waals surface area contributed by atoms with E-state index in [1.54, 1.807) is 18.5 Å². The van der Waals surface area contributed by atoms with Crippen LogP contribution in [0.15, 0.2) is 24.5 Å². The van der Waals surface area contributed by atoms with E-state index in [9.17, 15) is 0 Å².